The number of nitrogens with zero attached hydrogens (tertiary/aromatic N) is 2. The lowest BCUT2D eigenvalue weighted by Gasteiger charge is -2.11. The van der Waals surface area contributed by atoms with Crippen LogP contribution in [-0.4, -0.2) is 28.3 Å². The maximum absolute atomic E-state index is 11.2. The van der Waals surface area contributed by atoms with Gasteiger partial charge in [0.05, 0.1) is 0 Å². The van der Waals surface area contributed by atoms with Gasteiger partial charge in [-0.2, -0.15) is 10.1 Å². The van der Waals surface area contributed by atoms with Gasteiger partial charge in [0.1, 0.15) is 5.69 Å². The molecule has 0 amide bonds. The van der Waals surface area contributed by atoms with E-state index in [-0.39, 0.29) is 0 Å². The van der Waals surface area contributed by atoms with E-state index in [1.54, 1.807) is 6.92 Å². The number of aromatic amines is 1. The minimum absolute atomic E-state index is 0.449. The predicted octanol–water partition coefficient (Wildman–Crippen LogP) is 2.15. The Kier molecular flexibility index (Phi) is 4.00. The molecule has 0 saturated carbocycles. The van der Waals surface area contributed by atoms with Crippen molar-refractivity contribution in [3.8, 4) is 0 Å². The van der Waals surface area contributed by atoms with Crippen LogP contribution < -0.4 is 16.3 Å². The molecule has 0 aliphatic carbocycles. The number of hydrogen-bond donors (Lipinski definition) is 3. The summed E-state index contributed by atoms with van der Waals surface area (Å²) >= 11 is 0. The van der Waals surface area contributed by atoms with E-state index in [4.69, 9.17) is 0 Å². The zero-order valence-corrected chi connectivity index (χ0v) is 12.3. The van der Waals surface area contributed by atoms with Crippen LogP contribution in [-0.2, 0) is 0 Å². The summed E-state index contributed by atoms with van der Waals surface area (Å²) in [5.41, 5.74) is 1.31. The number of H-pyrrole nitrogens is 1. The zero-order chi connectivity index (χ0) is 15.4. The molecule has 0 unspecified atom stereocenters. The maximum Gasteiger partial charge on any atom is 0.363 e. The Morgan fingerprint density at radius 1 is 1.05 bits per heavy atom. The van der Waals surface area contributed by atoms with Crippen LogP contribution in [0, 0.1) is 6.92 Å². The number of hydrogen-bond acceptors (Lipinski definition) is 5. The minimum atomic E-state index is -0.449. The summed E-state index contributed by atoms with van der Waals surface area (Å²) < 4.78 is 0. The van der Waals surface area contributed by atoms with Crippen LogP contribution in [0.15, 0.2) is 47.3 Å². The molecule has 0 fully saturated rings. The molecule has 6 heteroatoms. The third-order valence-corrected chi connectivity index (χ3v) is 3.40. The summed E-state index contributed by atoms with van der Waals surface area (Å²) in [7, 11) is 0. The second kappa shape index (κ2) is 6.26. The van der Waals surface area contributed by atoms with Gasteiger partial charge in [-0.15, -0.1) is 0 Å². The standard InChI is InChI=1S/C16H17N5O/c1-11-15(19-16(22)21-20-11)18-10-9-17-14-8-4-6-12-5-2-3-7-13(12)14/h2-8,17H,9-10H2,1H3,(H2,18,19,21,22). The van der Waals surface area contributed by atoms with Crippen molar-refractivity contribution < 1.29 is 0 Å². The van der Waals surface area contributed by atoms with Crippen LogP contribution in [0.5, 0.6) is 0 Å². The first-order chi connectivity index (χ1) is 10.7. The highest BCUT2D eigenvalue weighted by atomic mass is 16.1. The summed E-state index contributed by atoms with van der Waals surface area (Å²) in [6, 6.07) is 14.4. The summed E-state index contributed by atoms with van der Waals surface area (Å²) in [5.74, 6) is 0.517. The van der Waals surface area contributed by atoms with E-state index >= 15 is 0 Å². The van der Waals surface area contributed by atoms with Crippen LogP contribution in [0.1, 0.15) is 5.69 Å². The van der Waals surface area contributed by atoms with Gasteiger partial charge in [-0.3, -0.25) is 0 Å². The number of rotatable bonds is 5. The molecule has 3 aromatic rings. The van der Waals surface area contributed by atoms with Gasteiger partial charge in [-0.25, -0.2) is 9.89 Å². The molecule has 112 valence electrons. The van der Waals surface area contributed by atoms with Crippen LogP contribution in [0.3, 0.4) is 0 Å². The lowest BCUT2D eigenvalue weighted by molar-refractivity contribution is 0.874. The van der Waals surface area contributed by atoms with Gasteiger partial charge in [0, 0.05) is 24.2 Å². The van der Waals surface area contributed by atoms with Crippen molar-refractivity contribution in [1.29, 1.82) is 0 Å². The Balaban J connectivity index is 1.63. The van der Waals surface area contributed by atoms with E-state index in [2.05, 4.69) is 50.1 Å². The molecule has 0 spiro atoms. The SMILES string of the molecule is Cc1n[nH]c(=O)nc1NCCNc1cccc2ccccc12. The van der Waals surface area contributed by atoms with Crippen LogP contribution in [0.4, 0.5) is 11.5 Å². The van der Waals surface area contributed by atoms with E-state index in [9.17, 15) is 4.79 Å². The van der Waals surface area contributed by atoms with Crippen molar-refractivity contribution >= 4 is 22.3 Å². The molecular weight excluding hydrogens is 278 g/mol. The van der Waals surface area contributed by atoms with Crippen molar-refractivity contribution in [3.63, 3.8) is 0 Å². The molecule has 0 aliphatic rings. The molecule has 3 rings (SSSR count). The van der Waals surface area contributed by atoms with Crippen molar-refractivity contribution in [1.82, 2.24) is 15.2 Å². The van der Waals surface area contributed by atoms with Crippen LogP contribution in [0.25, 0.3) is 10.8 Å². The molecular formula is C16H17N5O. The number of fused-ring (bicyclic) bond motifs is 1. The molecule has 3 N–H and O–H groups in total. The minimum Gasteiger partial charge on any atom is -0.383 e. The van der Waals surface area contributed by atoms with Gasteiger partial charge >= 0.3 is 5.69 Å². The molecule has 2 aromatic carbocycles. The van der Waals surface area contributed by atoms with E-state index in [0.29, 0.717) is 24.6 Å². The van der Waals surface area contributed by atoms with Crippen molar-refractivity contribution in [3.05, 3.63) is 58.6 Å². The normalized spacial score (nSPS) is 10.6. The van der Waals surface area contributed by atoms with Crippen molar-refractivity contribution in [2.45, 2.75) is 6.92 Å². The van der Waals surface area contributed by atoms with Gasteiger partial charge in [-0.05, 0) is 18.4 Å². The summed E-state index contributed by atoms with van der Waals surface area (Å²) in [5, 5.41) is 15.1. The molecule has 0 atom stereocenters. The van der Waals surface area contributed by atoms with Gasteiger partial charge in [0.2, 0.25) is 0 Å². The molecule has 1 heterocycles. The van der Waals surface area contributed by atoms with Gasteiger partial charge < -0.3 is 10.6 Å². The Morgan fingerprint density at radius 3 is 2.73 bits per heavy atom. The largest absolute Gasteiger partial charge is 0.383 e. The first-order valence-electron chi connectivity index (χ1n) is 7.13. The summed E-state index contributed by atoms with van der Waals surface area (Å²) in [6.07, 6.45) is 0. The summed E-state index contributed by atoms with van der Waals surface area (Å²) in [4.78, 5) is 15.0. The highest BCUT2D eigenvalue weighted by molar-refractivity contribution is 5.93. The first-order valence-corrected chi connectivity index (χ1v) is 7.13. The monoisotopic (exact) mass is 295 g/mol. The van der Waals surface area contributed by atoms with E-state index < -0.39 is 5.69 Å². The molecule has 0 saturated heterocycles. The Morgan fingerprint density at radius 2 is 1.82 bits per heavy atom. The molecule has 6 nitrogen and oxygen atoms in total. The lowest BCUT2D eigenvalue weighted by atomic mass is 10.1. The number of nitrogens with one attached hydrogen (secondary N) is 3. The van der Waals surface area contributed by atoms with Crippen molar-refractivity contribution in [2.24, 2.45) is 0 Å². The number of aromatic nitrogens is 3. The number of anilines is 2. The van der Waals surface area contributed by atoms with E-state index in [1.165, 1.54) is 10.8 Å². The lowest BCUT2D eigenvalue weighted by Crippen LogP contribution is -2.20. The topological polar surface area (TPSA) is 82.7 Å². The van der Waals surface area contributed by atoms with E-state index in [1.807, 2.05) is 18.2 Å². The highest BCUT2D eigenvalue weighted by Crippen LogP contribution is 2.22. The zero-order valence-electron chi connectivity index (χ0n) is 12.3. The fourth-order valence-electron chi connectivity index (χ4n) is 2.32. The van der Waals surface area contributed by atoms with Gasteiger partial charge in [0.25, 0.3) is 0 Å². The maximum atomic E-state index is 11.2. The van der Waals surface area contributed by atoms with Crippen LogP contribution >= 0.6 is 0 Å². The average molecular weight is 295 g/mol. The van der Waals surface area contributed by atoms with Crippen LogP contribution in [0.2, 0.25) is 0 Å². The third-order valence-electron chi connectivity index (χ3n) is 3.40. The Bertz CT molecular complexity index is 838. The fourth-order valence-corrected chi connectivity index (χ4v) is 2.32. The predicted molar refractivity (Wildman–Crippen MR) is 88.3 cm³/mol. The smallest absolute Gasteiger partial charge is 0.363 e. The van der Waals surface area contributed by atoms with Gasteiger partial charge in [0.15, 0.2) is 5.82 Å². The fraction of sp³-hybridized carbons (Fsp3) is 0.188. The molecule has 0 aliphatic heterocycles. The third kappa shape index (κ3) is 3.06. The molecule has 1 aromatic heterocycles. The van der Waals surface area contributed by atoms with Crippen molar-refractivity contribution in [2.75, 3.05) is 23.7 Å². The Hall–Kier alpha value is -2.89. The Labute approximate surface area is 127 Å². The quantitative estimate of drug-likeness (QED) is 0.628. The highest BCUT2D eigenvalue weighted by Gasteiger charge is 2.02. The molecule has 0 bridgehead atoms. The number of benzene rings is 2. The molecule has 0 radical (unpaired) electrons. The number of aryl methyl sites for hydroxylation is 1. The van der Waals surface area contributed by atoms with Gasteiger partial charge in [-0.1, -0.05) is 36.4 Å². The second-order valence-electron chi connectivity index (χ2n) is 4.95. The second-order valence-corrected chi connectivity index (χ2v) is 4.95. The average Bonchev–Trinajstić information content (AvgIpc) is 2.54. The first kappa shape index (κ1) is 14.1. The summed E-state index contributed by atoms with van der Waals surface area (Å²) in [6.45, 7) is 3.15. The molecule has 22 heavy (non-hydrogen) atoms. The van der Waals surface area contributed by atoms with E-state index in [0.717, 1.165) is 5.69 Å².